The average Bonchev–Trinajstić information content (AvgIpc) is 3.06. The summed E-state index contributed by atoms with van der Waals surface area (Å²) in [5.41, 5.74) is 4.04. The molecule has 0 spiro atoms. The summed E-state index contributed by atoms with van der Waals surface area (Å²) in [5.74, 6) is 2.64. The minimum atomic E-state index is -0.991. The molecular formula is C37H39NO5. The fourth-order valence-electron chi connectivity index (χ4n) is 5.42. The maximum absolute atomic E-state index is 11.9. The number of nitrogens with one attached hydrogen (secondary N) is 1. The number of aliphatic hydroxyl groups is 1. The highest BCUT2D eigenvalue weighted by molar-refractivity contribution is 5.18. The second-order valence-corrected chi connectivity index (χ2v) is 10.6. The van der Waals surface area contributed by atoms with Crippen LogP contribution in [-0.4, -0.2) is 48.2 Å². The first kappa shape index (κ1) is 30.7. The predicted octanol–water partition coefficient (Wildman–Crippen LogP) is 5.29. The first-order chi connectivity index (χ1) is 21.2. The summed E-state index contributed by atoms with van der Waals surface area (Å²) < 4.78 is 26.4. The number of ether oxygens (including phenoxy) is 4. The summed E-state index contributed by atoms with van der Waals surface area (Å²) in [6, 6.07) is 39.2. The second kappa shape index (κ2) is 16.2. The van der Waals surface area contributed by atoms with Gasteiger partial charge in [-0.25, -0.2) is 0 Å². The Bertz CT molecular complexity index is 1380. The molecule has 43 heavy (non-hydrogen) atoms. The zero-order chi connectivity index (χ0) is 29.7. The third kappa shape index (κ3) is 8.62. The molecule has 1 aliphatic rings. The Hall–Kier alpha value is -3.80. The molecule has 0 amide bonds. The molecule has 0 heterocycles. The van der Waals surface area contributed by atoms with E-state index < -0.39 is 36.6 Å². The van der Waals surface area contributed by atoms with Gasteiger partial charge in [-0.05, 0) is 22.3 Å². The zero-order valence-electron chi connectivity index (χ0n) is 24.2. The highest BCUT2D eigenvalue weighted by Crippen LogP contribution is 2.33. The third-order valence-corrected chi connectivity index (χ3v) is 7.61. The monoisotopic (exact) mass is 577 g/mol. The Morgan fingerprint density at radius 3 is 1.21 bits per heavy atom. The van der Waals surface area contributed by atoms with Gasteiger partial charge >= 0.3 is 0 Å². The molecule has 5 rings (SSSR count). The van der Waals surface area contributed by atoms with Crippen molar-refractivity contribution < 1.29 is 24.1 Å². The zero-order valence-corrected chi connectivity index (χ0v) is 24.2. The maximum Gasteiger partial charge on any atom is 0.115 e. The minimum absolute atomic E-state index is 0.249. The van der Waals surface area contributed by atoms with Crippen molar-refractivity contribution in [3.8, 4) is 12.3 Å². The van der Waals surface area contributed by atoms with Gasteiger partial charge in [0.25, 0.3) is 0 Å². The van der Waals surface area contributed by atoms with Crippen molar-refractivity contribution in [2.75, 3.05) is 6.54 Å². The van der Waals surface area contributed by atoms with Crippen molar-refractivity contribution in [2.24, 2.45) is 0 Å². The lowest BCUT2D eigenvalue weighted by Gasteiger charge is -2.49. The van der Waals surface area contributed by atoms with Crippen LogP contribution >= 0.6 is 0 Å². The molecule has 1 fully saturated rings. The lowest BCUT2D eigenvalue weighted by molar-refractivity contribution is -0.250. The Labute approximate surface area is 254 Å². The largest absolute Gasteiger partial charge is 0.389 e. The SMILES string of the molecule is C#CCN[C@@H]1[C@@H](O)[C@H](OCc2ccccc2)[C@@H](OCc2ccccc2)[C@H](OCc2ccccc2)[C@H]1OCc1ccccc1. The molecule has 0 unspecified atom stereocenters. The third-order valence-electron chi connectivity index (χ3n) is 7.61. The lowest BCUT2D eigenvalue weighted by atomic mass is 9.82. The van der Waals surface area contributed by atoms with E-state index in [2.05, 4.69) is 11.2 Å². The highest BCUT2D eigenvalue weighted by Gasteiger charge is 2.53. The molecule has 0 bridgehead atoms. The van der Waals surface area contributed by atoms with E-state index >= 15 is 0 Å². The summed E-state index contributed by atoms with van der Waals surface area (Å²) in [6.45, 7) is 1.54. The second-order valence-electron chi connectivity index (χ2n) is 10.6. The fraction of sp³-hybridized carbons (Fsp3) is 0.297. The molecule has 6 nitrogen and oxygen atoms in total. The van der Waals surface area contributed by atoms with Crippen LogP contribution < -0.4 is 5.32 Å². The van der Waals surface area contributed by atoms with Gasteiger partial charge in [0.2, 0.25) is 0 Å². The Morgan fingerprint density at radius 1 is 0.512 bits per heavy atom. The maximum atomic E-state index is 11.9. The quantitative estimate of drug-likeness (QED) is 0.199. The van der Waals surface area contributed by atoms with E-state index in [1.807, 2.05) is 121 Å². The van der Waals surface area contributed by atoms with E-state index in [0.29, 0.717) is 26.4 Å². The molecule has 1 saturated carbocycles. The summed E-state index contributed by atoms with van der Waals surface area (Å²) in [4.78, 5) is 0. The van der Waals surface area contributed by atoms with Gasteiger partial charge in [0, 0.05) is 0 Å². The van der Waals surface area contributed by atoms with E-state index in [4.69, 9.17) is 25.4 Å². The van der Waals surface area contributed by atoms with Crippen LogP contribution in [0.25, 0.3) is 0 Å². The highest BCUT2D eigenvalue weighted by atomic mass is 16.6. The van der Waals surface area contributed by atoms with E-state index in [1.54, 1.807) is 0 Å². The number of hydrogen-bond donors (Lipinski definition) is 2. The minimum Gasteiger partial charge on any atom is -0.389 e. The molecule has 222 valence electrons. The van der Waals surface area contributed by atoms with Crippen molar-refractivity contribution in [3.05, 3.63) is 144 Å². The van der Waals surface area contributed by atoms with Gasteiger partial charge in [0.05, 0.1) is 39.0 Å². The van der Waals surface area contributed by atoms with Gasteiger partial charge in [-0.1, -0.05) is 127 Å². The van der Waals surface area contributed by atoms with Crippen LogP contribution in [-0.2, 0) is 45.4 Å². The smallest absolute Gasteiger partial charge is 0.115 e. The van der Waals surface area contributed by atoms with Gasteiger partial charge in [-0.3, -0.25) is 5.32 Å². The van der Waals surface area contributed by atoms with Crippen LogP contribution in [0, 0.1) is 12.3 Å². The summed E-state index contributed by atoms with van der Waals surface area (Å²) in [5, 5.41) is 15.2. The van der Waals surface area contributed by atoms with Crippen LogP contribution in [0.5, 0.6) is 0 Å². The van der Waals surface area contributed by atoms with Crippen LogP contribution in [0.1, 0.15) is 22.3 Å². The van der Waals surface area contributed by atoms with E-state index in [1.165, 1.54) is 0 Å². The lowest BCUT2D eigenvalue weighted by Crippen LogP contribution is -2.69. The van der Waals surface area contributed by atoms with Crippen LogP contribution in [0.2, 0.25) is 0 Å². The first-order valence-electron chi connectivity index (χ1n) is 14.7. The van der Waals surface area contributed by atoms with Crippen molar-refractivity contribution in [1.29, 1.82) is 0 Å². The van der Waals surface area contributed by atoms with Gasteiger partial charge in [-0.15, -0.1) is 6.42 Å². The number of benzene rings is 4. The predicted molar refractivity (Wildman–Crippen MR) is 167 cm³/mol. The topological polar surface area (TPSA) is 69.2 Å². The molecule has 1 aliphatic carbocycles. The molecular weight excluding hydrogens is 538 g/mol. The summed E-state index contributed by atoms with van der Waals surface area (Å²) in [6.07, 6.45) is 2.11. The van der Waals surface area contributed by atoms with Crippen molar-refractivity contribution >= 4 is 0 Å². The Kier molecular flexibility index (Phi) is 11.5. The number of rotatable bonds is 14. The molecule has 4 aromatic carbocycles. The van der Waals surface area contributed by atoms with Crippen molar-refractivity contribution in [3.63, 3.8) is 0 Å². The van der Waals surface area contributed by atoms with Gasteiger partial charge in [0.1, 0.15) is 30.5 Å². The van der Waals surface area contributed by atoms with Crippen molar-refractivity contribution in [1.82, 2.24) is 5.32 Å². The average molecular weight is 578 g/mol. The van der Waals surface area contributed by atoms with E-state index in [0.717, 1.165) is 22.3 Å². The van der Waals surface area contributed by atoms with Gasteiger partial charge < -0.3 is 24.1 Å². The van der Waals surface area contributed by atoms with Gasteiger partial charge in [0.15, 0.2) is 0 Å². The number of aliphatic hydroxyl groups excluding tert-OH is 1. The summed E-state index contributed by atoms with van der Waals surface area (Å²) >= 11 is 0. The van der Waals surface area contributed by atoms with E-state index in [-0.39, 0.29) is 6.54 Å². The van der Waals surface area contributed by atoms with Crippen LogP contribution in [0.4, 0.5) is 0 Å². The van der Waals surface area contributed by atoms with Crippen LogP contribution in [0.15, 0.2) is 121 Å². The van der Waals surface area contributed by atoms with Crippen LogP contribution in [0.3, 0.4) is 0 Å². The molecule has 2 N–H and O–H groups in total. The molecule has 6 heteroatoms. The van der Waals surface area contributed by atoms with E-state index in [9.17, 15) is 5.11 Å². The molecule has 0 aromatic heterocycles. The van der Waals surface area contributed by atoms with Gasteiger partial charge in [-0.2, -0.15) is 0 Å². The Balaban J connectivity index is 1.48. The Morgan fingerprint density at radius 2 is 0.837 bits per heavy atom. The first-order valence-corrected chi connectivity index (χ1v) is 14.7. The standard InChI is InChI=1S/C37H39NO5/c1-2-23-38-32-33(39)35(41-25-29-17-9-4-10-18-29)37(43-27-31-21-13-6-14-22-31)36(42-26-30-19-11-5-12-20-30)34(32)40-24-28-15-7-3-8-16-28/h1,3-22,32-39H,23-27H2/t32-,33-,34+,35+,36-,37-/m1/s1. The molecule has 4 aromatic rings. The number of terminal acetylenes is 1. The number of hydrogen-bond acceptors (Lipinski definition) is 6. The molecule has 0 saturated heterocycles. The summed E-state index contributed by atoms with van der Waals surface area (Å²) in [7, 11) is 0. The molecule has 0 aliphatic heterocycles. The molecule has 6 atom stereocenters. The normalized spacial score (nSPS) is 23.4. The van der Waals surface area contributed by atoms with Crippen molar-refractivity contribution in [2.45, 2.75) is 63.0 Å². The molecule has 0 radical (unpaired) electrons. The fourth-order valence-corrected chi connectivity index (χ4v) is 5.42.